The van der Waals surface area contributed by atoms with Crippen LogP contribution in [-0.4, -0.2) is 28.3 Å². The number of hydrogen-bond donors (Lipinski definition) is 1. The minimum Gasteiger partial charge on any atom is -0.374 e. The first-order valence-corrected chi connectivity index (χ1v) is 10.5. The van der Waals surface area contributed by atoms with Crippen LogP contribution in [0, 0.1) is 0 Å². The largest absolute Gasteiger partial charge is 0.374 e. The second kappa shape index (κ2) is 8.67. The van der Waals surface area contributed by atoms with E-state index in [1.54, 1.807) is 24.5 Å². The molecule has 3 atom stereocenters. The van der Waals surface area contributed by atoms with E-state index < -0.39 is 6.23 Å². The molecule has 2 aromatic carbocycles. The summed E-state index contributed by atoms with van der Waals surface area (Å²) in [4.78, 5) is 21.4. The van der Waals surface area contributed by atoms with E-state index in [1.165, 1.54) is 0 Å². The van der Waals surface area contributed by atoms with Crippen LogP contribution < -0.4 is 9.80 Å². The third-order valence-corrected chi connectivity index (χ3v) is 5.76. The molecule has 0 bridgehead atoms. The number of hydrogen-bond acceptors (Lipinski definition) is 4. The molecule has 1 aliphatic rings. The number of benzene rings is 2. The molecule has 0 spiro atoms. The Hall–Kier alpha value is -3.18. The molecule has 0 aliphatic carbocycles. The molecule has 0 fully saturated rings. The first kappa shape index (κ1) is 20.1. The van der Waals surface area contributed by atoms with Gasteiger partial charge in [0.15, 0.2) is 0 Å². The van der Waals surface area contributed by atoms with Gasteiger partial charge in [-0.1, -0.05) is 43.3 Å². The first-order valence-electron chi connectivity index (χ1n) is 10.5. The normalized spacial score (nSPS) is 19.1. The third kappa shape index (κ3) is 3.68. The highest BCUT2D eigenvalue weighted by Crippen LogP contribution is 2.43. The van der Waals surface area contributed by atoms with E-state index in [2.05, 4.69) is 22.9 Å². The maximum absolute atomic E-state index is 13.3. The van der Waals surface area contributed by atoms with E-state index in [0.29, 0.717) is 12.0 Å². The minimum atomic E-state index is -0.613. The van der Waals surface area contributed by atoms with Gasteiger partial charge in [0.1, 0.15) is 6.23 Å². The monoisotopic (exact) mass is 401 g/mol. The fourth-order valence-corrected chi connectivity index (χ4v) is 4.34. The van der Waals surface area contributed by atoms with Crippen molar-refractivity contribution in [2.45, 2.75) is 45.0 Å². The number of carbonyl (C=O) groups is 1. The van der Waals surface area contributed by atoms with Gasteiger partial charge >= 0.3 is 0 Å². The van der Waals surface area contributed by atoms with Gasteiger partial charge in [0.25, 0.3) is 5.91 Å². The maximum atomic E-state index is 13.3. The highest BCUT2D eigenvalue weighted by Gasteiger charge is 2.38. The van der Waals surface area contributed by atoms with Crippen LogP contribution in [0.25, 0.3) is 0 Å². The number of aliphatic hydroxyl groups excluding tert-OH is 1. The number of nitrogens with zero attached hydrogens (tertiary/aromatic N) is 3. The zero-order valence-corrected chi connectivity index (χ0v) is 17.3. The Morgan fingerprint density at radius 3 is 2.57 bits per heavy atom. The number of aliphatic hydroxyl groups is 1. The summed E-state index contributed by atoms with van der Waals surface area (Å²) in [6.45, 7) is 4.05. The zero-order valence-electron chi connectivity index (χ0n) is 17.3. The van der Waals surface area contributed by atoms with Gasteiger partial charge in [0.2, 0.25) is 0 Å². The molecule has 1 amide bonds. The molecular weight excluding hydrogens is 374 g/mol. The van der Waals surface area contributed by atoms with Crippen LogP contribution in [0.5, 0.6) is 0 Å². The van der Waals surface area contributed by atoms with Crippen LogP contribution in [0.15, 0.2) is 79.1 Å². The van der Waals surface area contributed by atoms with E-state index in [4.69, 9.17) is 0 Å². The average Bonchev–Trinajstić information content (AvgIpc) is 2.80. The first-order chi connectivity index (χ1) is 14.6. The second-order valence-electron chi connectivity index (χ2n) is 7.71. The molecule has 2 heterocycles. The molecule has 5 nitrogen and oxygen atoms in total. The molecule has 2 unspecified atom stereocenters. The number of carbonyl (C=O) groups excluding carboxylic acids is 1. The van der Waals surface area contributed by atoms with Crippen molar-refractivity contribution in [1.29, 1.82) is 0 Å². The predicted molar refractivity (Wildman–Crippen MR) is 120 cm³/mol. The van der Waals surface area contributed by atoms with Crippen molar-refractivity contribution in [3.8, 4) is 0 Å². The number of aromatic nitrogens is 1. The van der Waals surface area contributed by atoms with Crippen molar-refractivity contribution in [3.63, 3.8) is 0 Å². The van der Waals surface area contributed by atoms with Gasteiger partial charge < -0.3 is 14.9 Å². The van der Waals surface area contributed by atoms with Crippen LogP contribution in [0.1, 0.15) is 48.7 Å². The standard InChI is InChI=1S/C25H27N3O2/c1-3-24(29)28(20-11-5-4-6-12-20)23-16-18(2)27(22-14-8-7-13-21(22)23)25(30)19-10-9-15-26-17-19/h4-15,17-18,23-24,29H,3,16H2,1-2H3/t18-,23?,24?/m1/s1. The van der Waals surface area contributed by atoms with E-state index in [1.807, 2.05) is 60.4 Å². The summed E-state index contributed by atoms with van der Waals surface area (Å²) in [7, 11) is 0. The van der Waals surface area contributed by atoms with Crippen molar-refractivity contribution < 1.29 is 9.90 Å². The number of fused-ring (bicyclic) bond motifs is 1. The molecule has 1 aliphatic heterocycles. The topological polar surface area (TPSA) is 56.7 Å². The Morgan fingerprint density at radius 2 is 1.87 bits per heavy atom. The summed E-state index contributed by atoms with van der Waals surface area (Å²) >= 11 is 0. The van der Waals surface area contributed by atoms with Crippen LogP contribution >= 0.6 is 0 Å². The number of para-hydroxylation sites is 2. The Bertz CT molecular complexity index is 994. The summed E-state index contributed by atoms with van der Waals surface area (Å²) < 4.78 is 0. The molecule has 1 N–H and O–H groups in total. The highest BCUT2D eigenvalue weighted by atomic mass is 16.3. The van der Waals surface area contributed by atoms with Gasteiger partial charge in [-0.2, -0.15) is 0 Å². The van der Waals surface area contributed by atoms with E-state index in [-0.39, 0.29) is 18.0 Å². The van der Waals surface area contributed by atoms with Gasteiger partial charge in [-0.05, 0) is 55.7 Å². The zero-order chi connectivity index (χ0) is 21.1. The second-order valence-corrected chi connectivity index (χ2v) is 7.71. The maximum Gasteiger partial charge on any atom is 0.260 e. The molecule has 0 saturated heterocycles. The van der Waals surface area contributed by atoms with Crippen LogP contribution in [0.4, 0.5) is 11.4 Å². The minimum absolute atomic E-state index is 0.0344. The van der Waals surface area contributed by atoms with Crippen LogP contribution in [-0.2, 0) is 0 Å². The lowest BCUT2D eigenvalue weighted by Gasteiger charge is -2.45. The lowest BCUT2D eigenvalue weighted by Crippen LogP contribution is -2.48. The molecule has 3 aromatic rings. The Morgan fingerprint density at radius 1 is 1.13 bits per heavy atom. The smallest absolute Gasteiger partial charge is 0.260 e. The van der Waals surface area contributed by atoms with Crippen molar-refractivity contribution in [2.75, 3.05) is 9.80 Å². The summed E-state index contributed by atoms with van der Waals surface area (Å²) in [6.07, 6.45) is 4.00. The van der Waals surface area contributed by atoms with Crippen molar-refractivity contribution in [2.24, 2.45) is 0 Å². The molecule has 30 heavy (non-hydrogen) atoms. The molecule has 0 saturated carbocycles. The van der Waals surface area contributed by atoms with Gasteiger partial charge in [0, 0.05) is 29.8 Å². The van der Waals surface area contributed by atoms with Crippen molar-refractivity contribution >= 4 is 17.3 Å². The number of anilines is 2. The number of amides is 1. The quantitative estimate of drug-likeness (QED) is 0.624. The highest BCUT2D eigenvalue weighted by molar-refractivity contribution is 6.07. The van der Waals surface area contributed by atoms with E-state index in [9.17, 15) is 9.90 Å². The van der Waals surface area contributed by atoms with Crippen molar-refractivity contribution in [3.05, 3.63) is 90.3 Å². The van der Waals surface area contributed by atoms with Crippen LogP contribution in [0.2, 0.25) is 0 Å². The Kier molecular flexibility index (Phi) is 5.81. The molecule has 5 heteroatoms. The SMILES string of the molecule is CCC(O)N(c1ccccc1)C1C[C@@H](C)N(C(=O)c2cccnc2)c2ccccc21. The molecule has 4 rings (SSSR count). The Balaban J connectivity index is 1.78. The number of pyridine rings is 1. The van der Waals surface area contributed by atoms with Gasteiger partial charge in [-0.3, -0.25) is 9.78 Å². The third-order valence-electron chi connectivity index (χ3n) is 5.76. The fraction of sp³-hybridized carbons (Fsp3) is 0.280. The predicted octanol–water partition coefficient (Wildman–Crippen LogP) is 4.80. The lowest BCUT2D eigenvalue weighted by atomic mass is 9.89. The number of rotatable bonds is 5. The summed E-state index contributed by atoms with van der Waals surface area (Å²) in [6, 6.07) is 21.5. The van der Waals surface area contributed by atoms with E-state index in [0.717, 1.165) is 23.4 Å². The summed E-state index contributed by atoms with van der Waals surface area (Å²) in [5.41, 5.74) is 3.49. The van der Waals surface area contributed by atoms with Gasteiger partial charge in [0.05, 0.1) is 11.6 Å². The summed E-state index contributed by atoms with van der Waals surface area (Å²) in [5.74, 6) is -0.0520. The summed E-state index contributed by atoms with van der Waals surface area (Å²) in [5, 5.41) is 10.9. The molecule has 1 aromatic heterocycles. The lowest BCUT2D eigenvalue weighted by molar-refractivity contribution is 0.0970. The van der Waals surface area contributed by atoms with Crippen LogP contribution in [0.3, 0.4) is 0 Å². The van der Waals surface area contributed by atoms with Crippen molar-refractivity contribution in [1.82, 2.24) is 4.98 Å². The molecule has 154 valence electrons. The Labute approximate surface area is 177 Å². The van der Waals surface area contributed by atoms with E-state index >= 15 is 0 Å². The van der Waals surface area contributed by atoms with Gasteiger partial charge in [-0.15, -0.1) is 0 Å². The fourth-order valence-electron chi connectivity index (χ4n) is 4.34. The molecular formula is C25H27N3O2. The average molecular weight is 402 g/mol. The van der Waals surface area contributed by atoms with Gasteiger partial charge in [-0.25, -0.2) is 0 Å². The molecule has 0 radical (unpaired) electrons.